The summed E-state index contributed by atoms with van der Waals surface area (Å²) >= 11 is 0. The van der Waals surface area contributed by atoms with Gasteiger partial charge < -0.3 is 28.5 Å². The molecule has 1 heterocycles. The van der Waals surface area contributed by atoms with Crippen LogP contribution in [0, 0.1) is 0 Å². The van der Waals surface area contributed by atoms with Gasteiger partial charge in [0.25, 0.3) is 0 Å². The Morgan fingerprint density at radius 1 is 0.972 bits per heavy atom. The second kappa shape index (κ2) is 11.2. The zero-order valence-electron chi connectivity index (χ0n) is 21.7. The highest BCUT2D eigenvalue weighted by atomic mass is 28.4. The zero-order chi connectivity index (χ0) is 26.6. The molecular formula is C27H36O8Si. The lowest BCUT2D eigenvalue weighted by atomic mass is 10.1. The van der Waals surface area contributed by atoms with E-state index >= 15 is 0 Å². The number of hydrogen-bond donors (Lipinski definition) is 1. The summed E-state index contributed by atoms with van der Waals surface area (Å²) in [5.41, 5.74) is 0.685. The summed E-state index contributed by atoms with van der Waals surface area (Å²) in [6.45, 7) is 10.1. The minimum Gasteiger partial charge on any atom is -0.459 e. The van der Waals surface area contributed by atoms with Crippen LogP contribution in [0.5, 0.6) is 0 Å². The van der Waals surface area contributed by atoms with E-state index in [1.807, 2.05) is 0 Å². The first-order chi connectivity index (χ1) is 16.9. The van der Waals surface area contributed by atoms with Gasteiger partial charge in [-0.15, -0.1) is 0 Å². The van der Waals surface area contributed by atoms with Gasteiger partial charge in [0.15, 0.2) is 14.4 Å². The van der Waals surface area contributed by atoms with Gasteiger partial charge in [-0.3, -0.25) is 0 Å². The smallest absolute Gasteiger partial charge is 0.338 e. The Kier molecular flexibility index (Phi) is 8.74. The van der Waals surface area contributed by atoms with Crippen molar-refractivity contribution in [3.05, 3.63) is 71.8 Å². The highest BCUT2D eigenvalue weighted by molar-refractivity contribution is 6.74. The van der Waals surface area contributed by atoms with Crippen molar-refractivity contribution in [3.63, 3.8) is 0 Å². The maximum Gasteiger partial charge on any atom is 0.338 e. The van der Waals surface area contributed by atoms with E-state index in [1.54, 1.807) is 60.7 Å². The molecule has 1 fully saturated rings. The summed E-state index contributed by atoms with van der Waals surface area (Å²) in [6, 6.07) is 16.9. The van der Waals surface area contributed by atoms with E-state index in [-0.39, 0.29) is 18.3 Å². The molecule has 1 saturated heterocycles. The van der Waals surface area contributed by atoms with Crippen molar-refractivity contribution >= 4 is 20.3 Å². The lowest BCUT2D eigenvalue weighted by molar-refractivity contribution is -0.261. The van der Waals surface area contributed by atoms with Gasteiger partial charge in [0.05, 0.1) is 17.7 Å². The van der Waals surface area contributed by atoms with Crippen LogP contribution in [0.2, 0.25) is 18.1 Å². The van der Waals surface area contributed by atoms with Gasteiger partial charge in [0.2, 0.25) is 5.79 Å². The van der Waals surface area contributed by atoms with Crippen molar-refractivity contribution in [2.45, 2.75) is 63.0 Å². The molecule has 196 valence electrons. The summed E-state index contributed by atoms with van der Waals surface area (Å²) in [6.07, 6.45) is -3.53. The van der Waals surface area contributed by atoms with Gasteiger partial charge in [-0.1, -0.05) is 57.2 Å². The van der Waals surface area contributed by atoms with Gasteiger partial charge in [0.1, 0.15) is 18.8 Å². The van der Waals surface area contributed by atoms with Crippen LogP contribution in [0.3, 0.4) is 0 Å². The second-order valence-corrected chi connectivity index (χ2v) is 15.2. The van der Waals surface area contributed by atoms with Gasteiger partial charge in [0, 0.05) is 7.11 Å². The molecule has 2 aromatic rings. The molecule has 1 N–H and O–H groups in total. The Hall–Kier alpha value is -2.56. The molecule has 0 aliphatic carbocycles. The van der Waals surface area contributed by atoms with Crippen molar-refractivity contribution in [1.29, 1.82) is 0 Å². The van der Waals surface area contributed by atoms with Crippen LogP contribution in [0.15, 0.2) is 60.7 Å². The second-order valence-electron chi connectivity index (χ2n) is 10.4. The summed E-state index contributed by atoms with van der Waals surface area (Å²) in [7, 11) is -0.843. The Balaban J connectivity index is 1.82. The quantitative estimate of drug-likeness (QED) is 0.391. The van der Waals surface area contributed by atoms with Gasteiger partial charge in [-0.2, -0.15) is 0 Å². The third-order valence-corrected chi connectivity index (χ3v) is 11.4. The fraction of sp³-hybridized carbons (Fsp3) is 0.481. The van der Waals surface area contributed by atoms with Gasteiger partial charge >= 0.3 is 11.9 Å². The zero-order valence-corrected chi connectivity index (χ0v) is 22.7. The van der Waals surface area contributed by atoms with E-state index in [2.05, 4.69) is 33.9 Å². The van der Waals surface area contributed by atoms with Crippen LogP contribution in [0.25, 0.3) is 0 Å². The number of hydrogen-bond acceptors (Lipinski definition) is 8. The number of esters is 2. The molecule has 0 saturated carbocycles. The third-order valence-electron chi connectivity index (χ3n) is 6.91. The van der Waals surface area contributed by atoms with Crippen molar-refractivity contribution < 1.29 is 38.1 Å². The average molecular weight is 517 g/mol. The standard InChI is InChI=1S/C27H36O8Si/c1-26(2,3)36(5,6)33-18-27(31-4)23(28)22(34-25(30)20-15-11-8-12-16-20)21(35-27)17-32-24(29)19-13-9-7-10-14-19/h7-16,21-23,28H,17-18H2,1-6H3/t21-,22-,23+,27?/m1/s1. The molecule has 0 radical (unpaired) electrons. The fourth-order valence-corrected chi connectivity index (χ4v) is 4.54. The molecule has 4 atom stereocenters. The average Bonchev–Trinajstić information content (AvgIpc) is 3.12. The van der Waals surface area contributed by atoms with E-state index in [1.165, 1.54) is 7.11 Å². The number of carbonyl (C=O) groups is 2. The lowest BCUT2D eigenvalue weighted by Crippen LogP contribution is -2.53. The molecular weight excluding hydrogens is 480 g/mol. The minimum absolute atomic E-state index is 0.0797. The molecule has 1 unspecified atom stereocenters. The molecule has 1 aliphatic rings. The van der Waals surface area contributed by atoms with Crippen LogP contribution < -0.4 is 0 Å². The van der Waals surface area contributed by atoms with Crippen molar-refractivity contribution in [1.82, 2.24) is 0 Å². The molecule has 2 aromatic carbocycles. The van der Waals surface area contributed by atoms with E-state index in [9.17, 15) is 14.7 Å². The summed E-state index contributed by atoms with van der Waals surface area (Å²) in [5.74, 6) is -2.81. The molecule has 0 amide bonds. The number of methoxy groups -OCH3 is 1. The maximum atomic E-state index is 12.8. The van der Waals surface area contributed by atoms with Crippen LogP contribution in [-0.2, 0) is 23.4 Å². The van der Waals surface area contributed by atoms with Crippen molar-refractivity contribution in [2.75, 3.05) is 20.3 Å². The molecule has 0 aromatic heterocycles. The molecule has 1 aliphatic heterocycles. The topological polar surface area (TPSA) is 101 Å². The third kappa shape index (κ3) is 6.22. The molecule has 0 bridgehead atoms. The van der Waals surface area contributed by atoms with Crippen LogP contribution in [0.1, 0.15) is 41.5 Å². The van der Waals surface area contributed by atoms with Crippen molar-refractivity contribution in [3.8, 4) is 0 Å². The molecule has 3 rings (SSSR count). The lowest BCUT2D eigenvalue weighted by Gasteiger charge is -2.40. The van der Waals surface area contributed by atoms with Crippen molar-refractivity contribution in [2.24, 2.45) is 0 Å². The summed E-state index contributed by atoms with van der Waals surface area (Å²) in [4.78, 5) is 25.4. The molecule has 9 heteroatoms. The first kappa shape index (κ1) is 28.0. The number of aliphatic hydroxyl groups excluding tert-OH is 1. The Labute approximate surface area is 213 Å². The maximum absolute atomic E-state index is 12.8. The van der Waals surface area contributed by atoms with Crippen LogP contribution in [0.4, 0.5) is 0 Å². The first-order valence-electron chi connectivity index (χ1n) is 11.9. The molecule has 36 heavy (non-hydrogen) atoms. The highest BCUT2D eigenvalue weighted by Gasteiger charge is 2.58. The van der Waals surface area contributed by atoms with Gasteiger partial charge in [-0.25, -0.2) is 9.59 Å². The number of rotatable bonds is 9. The fourth-order valence-electron chi connectivity index (χ4n) is 3.54. The first-order valence-corrected chi connectivity index (χ1v) is 14.8. The Morgan fingerprint density at radius 3 is 2.00 bits per heavy atom. The highest BCUT2D eigenvalue weighted by Crippen LogP contribution is 2.40. The normalized spacial score (nSPS) is 24.4. The SMILES string of the molecule is COC1(CO[Si](C)(C)C(C)(C)C)O[C@H](COC(=O)c2ccccc2)[C@@H](OC(=O)c2ccccc2)[C@@H]1O. The predicted molar refractivity (Wildman–Crippen MR) is 136 cm³/mol. The van der Waals surface area contributed by atoms with Crippen LogP contribution >= 0.6 is 0 Å². The number of benzene rings is 2. The molecule has 0 spiro atoms. The van der Waals surface area contributed by atoms with Crippen LogP contribution in [-0.4, -0.2) is 69.8 Å². The largest absolute Gasteiger partial charge is 0.459 e. The Bertz CT molecular complexity index is 1020. The van der Waals surface area contributed by atoms with E-state index < -0.39 is 44.4 Å². The Morgan fingerprint density at radius 2 is 1.50 bits per heavy atom. The number of aliphatic hydroxyl groups is 1. The summed E-state index contributed by atoms with van der Waals surface area (Å²) < 4.78 is 29.2. The summed E-state index contributed by atoms with van der Waals surface area (Å²) in [5, 5.41) is 11.2. The number of carbonyl (C=O) groups excluding carboxylic acids is 2. The van der Waals surface area contributed by atoms with E-state index in [4.69, 9.17) is 23.4 Å². The minimum atomic E-state index is -2.24. The monoisotopic (exact) mass is 516 g/mol. The molecule has 8 nitrogen and oxygen atoms in total. The number of ether oxygens (including phenoxy) is 4. The van der Waals surface area contributed by atoms with E-state index in [0.29, 0.717) is 11.1 Å². The van der Waals surface area contributed by atoms with E-state index in [0.717, 1.165) is 0 Å². The van der Waals surface area contributed by atoms with Gasteiger partial charge in [-0.05, 0) is 42.4 Å². The predicted octanol–water partition coefficient (Wildman–Crippen LogP) is 4.19.